The van der Waals surface area contributed by atoms with Crippen molar-refractivity contribution >= 4 is 0 Å². The van der Waals surface area contributed by atoms with Crippen LogP contribution < -0.4 is 5.32 Å². The summed E-state index contributed by atoms with van der Waals surface area (Å²) >= 11 is 0. The molecule has 2 unspecified atom stereocenters. The summed E-state index contributed by atoms with van der Waals surface area (Å²) in [6.45, 7) is 3.56. The van der Waals surface area contributed by atoms with Gasteiger partial charge in [0.05, 0.1) is 6.61 Å². The molecule has 0 aromatic heterocycles. The van der Waals surface area contributed by atoms with Crippen LogP contribution in [0.25, 0.3) is 0 Å². The molecule has 0 radical (unpaired) electrons. The largest absolute Gasteiger partial charge is 0.383 e. The maximum Gasteiger partial charge on any atom is 0.126 e. The highest BCUT2D eigenvalue weighted by atomic mass is 19.1. The zero-order valence-electron chi connectivity index (χ0n) is 12.6. The molecule has 0 amide bonds. The Bertz CT molecular complexity index is 395. The predicted octanol–water partition coefficient (Wildman–Crippen LogP) is 2.58. The smallest absolute Gasteiger partial charge is 0.126 e. The topological polar surface area (TPSA) is 24.5 Å². The van der Waals surface area contributed by atoms with E-state index in [-0.39, 0.29) is 6.04 Å². The molecular weight excluding hydrogens is 262 g/mol. The monoisotopic (exact) mass is 286 g/mol. The van der Waals surface area contributed by atoms with E-state index in [9.17, 15) is 8.78 Å². The van der Waals surface area contributed by atoms with Gasteiger partial charge in [-0.05, 0) is 45.1 Å². The fourth-order valence-corrected chi connectivity index (χ4v) is 2.18. The van der Waals surface area contributed by atoms with Gasteiger partial charge in [0.15, 0.2) is 0 Å². The van der Waals surface area contributed by atoms with Crippen LogP contribution in [0.5, 0.6) is 0 Å². The van der Waals surface area contributed by atoms with Crippen LogP contribution in [-0.2, 0) is 4.74 Å². The molecule has 0 saturated carbocycles. The molecule has 20 heavy (non-hydrogen) atoms. The van der Waals surface area contributed by atoms with Crippen LogP contribution in [0.1, 0.15) is 24.9 Å². The van der Waals surface area contributed by atoms with Crippen LogP contribution in [0.15, 0.2) is 18.2 Å². The van der Waals surface area contributed by atoms with E-state index in [2.05, 4.69) is 17.1 Å². The molecule has 1 aromatic rings. The van der Waals surface area contributed by atoms with Gasteiger partial charge in [-0.25, -0.2) is 8.78 Å². The third-order valence-electron chi connectivity index (χ3n) is 3.57. The lowest BCUT2D eigenvalue weighted by molar-refractivity contribution is 0.113. The van der Waals surface area contributed by atoms with Crippen LogP contribution in [-0.4, -0.2) is 45.3 Å². The van der Waals surface area contributed by atoms with Crippen LogP contribution in [0.2, 0.25) is 0 Å². The van der Waals surface area contributed by atoms with E-state index in [0.717, 1.165) is 19.0 Å². The third kappa shape index (κ3) is 5.15. The lowest BCUT2D eigenvalue weighted by Crippen LogP contribution is -2.35. The lowest BCUT2D eigenvalue weighted by atomic mass is 10.0. The molecule has 0 aliphatic rings. The van der Waals surface area contributed by atoms with Gasteiger partial charge >= 0.3 is 0 Å². The number of rotatable bonds is 8. The standard InChI is InChI=1S/C15H24F2N2O/c1-11(10-20-4)19(3)6-5-15(18-2)12-7-13(16)9-14(17)8-12/h7-9,11,15,18H,5-6,10H2,1-4H3. The molecule has 5 heteroatoms. The number of nitrogens with one attached hydrogen (secondary N) is 1. The fraction of sp³-hybridized carbons (Fsp3) is 0.600. The van der Waals surface area contributed by atoms with Gasteiger partial charge < -0.3 is 15.0 Å². The molecule has 1 rings (SSSR count). The number of benzene rings is 1. The molecule has 0 fully saturated rings. The van der Waals surface area contributed by atoms with E-state index in [1.165, 1.54) is 12.1 Å². The number of likely N-dealkylation sites (N-methyl/N-ethyl adjacent to an activating group) is 1. The quantitative estimate of drug-likeness (QED) is 0.795. The SMILES string of the molecule is CNC(CCN(C)C(C)COC)c1cc(F)cc(F)c1. The summed E-state index contributed by atoms with van der Waals surface area (Å²) in [5, 5.41) is 3.11. The molecule has 2 atom stereocenters. The Morgan fingerprint density at radius 3 is 2.35 bits per heavy atom. The zero-order valence-corrected chi connectivity index (χ0v) is 12.6. The van der Waals surface area contributed by atoms with Gasteiger partial charge in [0.1, 0.15) is 11.6 Å². The molecule has 0 bridgehead atoms. The van der Waals surface area contributed by atoms with Gasteiger partial charge in [0, 0.05) is 31.8 Å². The van der Waals surface area contributed by atoms with Crippen molar-refractivity contribution in [1.29, 1.82) is 0 Å². The minimum atomic E-state index is -0.540. The summed E-state index contributed by atoms with van der Waals surface area (Å²) < 4.78 is 31.6. The van der Waals surface area contributed by atoms with Crippen molar-refractivity contribution in [2.75, 3.05) is 34.4 Å². The van der Waals surface area contributed by atoms with Gasteiger partial charge in [-0.3, -0.25) is 0 Å². The highest BCUT2D eigenvalue weighted by molar-refractivity contribution is 5.21. The van der Waals surface area contributed by atoms with Gasteiger partial charge in [-0.15, -0.1) is 0 Å². The minimum absolute atomic E-state index is 0.0719. The number of halogens is 2. The highest BCUT2D eigenvalue weighted by Gasteiger charge is 2.15. The number of hydrogen-bond donors (Lipinski definition) is 1. The first-order valence-corrected chi connectivity index (χ1v) is 6.80. The molecule has 0 spiro atoms. The second kappa shape index (κ2) is 8.29. The maximum absolute atomic E-state index is 13.3. The summed E-state index contributed by atoms with van der Waals surface area (Å²) in [5.41, 5.74) is 0.637. The summed E-state index contributed by atoms with van der Waals surface area (Å²) in [5.74, 6) is -1.08. The minimum Gasteiger partial charge on any atom is -0.383 e. The Hall–Kier alpha value is -1.04. The van der Waals surface area contributed by atoms with E-state index in [1.807, 2.05) is 7.05 Å². The molecule has 0 aliphatic carbocycles. The Labute approximate surface area is 119 Å². The van der Waals surface area contributed by atoms with Crippen molar-refractivity contribution in [1.82, 2.24) is 10.2 Å². The Morgan fingerprint density at radius 2 is 1.85 bits per heavy atom. The van der Waals surface area contributed by atoms with Crippen molar-refractivity contribution in [2.45, 2.75) is 25.4 Å². The maximum atomic E-state index is 13.3. The second-order valence-corrected chi connectivity index (χ2v) is 5.12. The zero-order chi connectivity index (χ0) is 15.1. The van der Waals surface area contributed by atoms with E-state index >= 15 is 0 Å². The third-order valence-corrected chi connectivity index (χ3v) is 3.57. The van der Waals surface area contributed by atoms with E-state index in [0.29, 0.717) is 18.2 Å². The molecule has 1 aromatic carbocycles. The first kappa shape index (κ1) is 17.0. The molecule has 0 aliphatic heterocycles. The van der Waals surface area contributed by atoms with Gasteiger partial charge in [-0.2, -0.15) is 0 Å². The van der Waals surface area contributed by atoms with Crippen molar-refractivity contribution in [3.05, 3.63) is 35.4 Å². The molecule has 0 heterocycles. The number of nitrogens with zero attached hydrogens (tertiary/aromatic N) is 1. The van der Waals surface area contributed by atoms with Crippen molar-refractivity contribution in [3.63, 3.8) is 0 Å². The van der Waals surface area contributed by atoms with Crippen LogP contribution in [0.4, 0.5) is 8.78 Å². The average Bonchev–Trinajstić information content (AvgIpc) is 2.38. The second-order valence-electron chi connectivity index (χ2n) is 5.12. The first-order valence-electron chi connectivity index (χ1n) is 6.80. The molecule has 0 saturated heterocycles. The summed E-state index contributed by atoms with van der Waals surface area (Å²) in [4.78, 5) is 2.17. The normalized spacial score (nSPS) is 14.6. The summed E-state index contributed by atoms with van der Waals surface area (Å²) in [6.07, 6.45) is 0.768. The van der Waals surface area contributed by atoms with Crippen LogP contribution >= 0.6 is 0 Å². The van der Waals surface area contributed by atoms with E-state index in [4.69, 9.17) is 4.74 Å². The number of methoxy groups -OCH3 is 1. The van der Waals surface area contributed by atoms with E-state index in [1.54, 1.807) is 14.2 Å². The first-order chi connectivity index (χ1) is 9.47. The van der Waals surface area contributed by atoms with Crippen molar-refractivity contribution in [3.8, 4) is 0 Å². The Morgan fingerprint density at radius 1 is 1.25 bits per heavy atom. The van der Waals surface area contributed by atoms with Gasteiger partial charge in [0.25, 0.3) is 0 Å². The van der Waals surface area contributed by atoms with Gasteiger partial charge in [-0.1, -0.05) is 0 Å². The molecule has 114 valence electrons. The summed E-state index contributed by atoms with van der Waals surface area (Å²) in [6, 6.07) is 3.88. The van der Waals surface area contributed by atoms with Crippen LogP contribution in [0, 0.1) is 11.6 Å². The highest BCUT2D eigenvalue weighted by Crippen LogP contribution is 2.19. The van der Waals surface area contributed by atoms with Crippen molar-refractivity contribution in [2.24, 2.45) is 0 Å². The fourth-order valence-electron chi connectivity index (χ4n) is 2.18. The molecular formula is C15H24F2N2O. The lowest BCUT2D eigenvalue weighted by Gasteiger charge is -2.26. The molecule has 3 nitrogen and oxygen atoms in total. The number of hydrogen-bond acceptors (Lipinski definition) is 3. The van der Waals surface area contributed by atoms with Crippen LogP contribution in [0.3, 0.4) is 0 Å². The summed E-state index contributed by atoms with van der Waals surface area (Å²) in [7, 11) is 5.49. The average molecular weight is 286 g/mol. The Kier molecular flexibility index (Phi) is 7.05. The molecule has 1 N–H and O–H groups in total. The predicted molar refractivity (Wildman–Crippen MR) is 76.7 cm³/mol. The van der Waals surface area contributed by atoms with Crippen molar-refractivity contribution < 1.29 is 13.5 Å². The Balaban J connectivity index is 2.63. The van der Waals surface area contributed by atoms with Gasteiger partial charge in [0.2, 0.25) is 0 Å². The van der Waals surface area contributed by atoms with E-state index < -0.39 is 11.6 Å². The number of ether oxygens (including phenoxy) is 1.